The van der Waals surface area contributed by atoms with Gasteiger partial charge in [-0.3, -0.25) is 9.59 Å². The Labute approximate surface area is 154 Å². The highest BCUT2D eigenvalue weighted by atomic mass is 35.5. The standard InChI is InChI=1S/C17H14Cl2N2O4/c1-25-17(24)11-5-6-13(19)14(8-11)21-15(22)9-20-16(23)10-3-2-4-12(18)7-10/h2-8H,9H2,1H3,(H,20,23)(H,21,22). The van der Waals surface area contributed by atoms with Crippen molar-refractivity contribution < 1.29 is 19.1 Å². The fourth-order valence-electron chi connectivity index (χ4n) is 1.95. The van der Waals surface area contributed by atoms with Crippen LogP contribution in [-0.4, -0.2) is 31.4 Å². The summed E-state index contributed by atoms with van der Waals surface area (Å²) in [6.07, 6.45) is 0. The summed E-state index contributed by atoms with van der Waals surface area (Å²) in [4.78, 5) is 35.5. The molecule has 2 N–H and O–H groups in total. The molecule has 8 heteroatoms. The molecule has 0 spiro atoms. The molecule has 0 atom stereocenters. The van der Waals surface area contributed by atoms with Gasteiger partial charge in [0.1, 0.15) is 0 Å². The van der Waals surface area contributed by atoms with Gasteiger partial charge in [-0.1, -0.05) is 29.3 Å². The molecule has 0 aliphatic carbocycles. The van der Waals surface area contributed by atoms with Gasteiger partial charge in [-0.15, -0.1) is 0 Å². The van der Waals surface area contributed by atoms with Crippen molar-refractivity contribution in [1.82, 2.24) is 5.32 Å². The van der Waals surface area contributed by atoms with Gasteiger partial charge in [0.25, 0.3) is 5.91 Å². The van der Waals surface area contributed by atoms with Crippen molar-refractivity contribution in [3.05, 3.63) is 63.6 Å². The molecule has 0 bridgehead atoms. The molecule has 2 rings (SSSR count). The summed E-state index contributed by atoms with van der Waals surface area (Å²) in [6, 6.07) is 10.7. The predicted octanol–water partition coefficient (Wildman–Crippen LogP) is 3.15. The third kappa shape index (κ3) is 5.20. The number of rotatable bonds is 5. The number of amides is 2. The summed E-state index contributed by atoms with van der Waals surface area (Å²) in [7, 11) is 1.25. The quantitative estimate of drug-likeness (QED) is 0.780. The van der Waals surface area contributed by atoms with Crippen LogP contribution >= 0.6 is 23.2 Å². The second-order valence-electron chi connectivity index (χ2n) is 4.93. The van der Waals surface area contributed by atoms with Gasteiger partial charge in [-0.25, -0.2) is 4.79 Å². The largest absolute Gasteiger partial charge is 0.465 e. The van der Waals surface area contributed by atoms with Crippen LogP contribution in [0.1, 0.15) is 20.7 Å². The van der Waals surface area contributed by atoms with Gasteiger partial charge < -0.3 is 15.4 Å². The van der Waals surface area contributed by atoms with Crippen LogP contribution < -0.4 is 10.6 Å². The van der Waals surface area contributed by atoms with Crippen LogP contribution in [0.4, 0.5) is 5.69 Å². The van der Waals surface area contributed by atoms with E-state index >= 15 is 0 Å². The molecule has 2 amide bonds. The number of anilines is 1. The molecule has 6 nitrogen and oxygen atoms in total. The van der Waals surface area contributed by atoms with Crippen molar-refractivity contribution in [2.45, 2.75) is 0 Å². The molecule has 0 aromatic heterocycles. The molecule has 25 heavy (non-hydrogen) atoms. The molecular weight excluding hydrogens is 367 g/mol. The molecular formula is C17H14Cl2N2O4. The van der Waals surface area contributed by atoms with E-state index in [-0.39, 0.29) is 22.8 Å². The molecule has 0 unspecified atom stereocenters. The van der Waals surface area contributed by atoms with Crippen LogP contribution in [0.3, 0.4) is 0 Å². The van der Waals surface area contributed by atoms with Crippen molar-refractivity contribution in [3.8, 4) is 0 Å². The number of carbonyl (C=O) groups excluding carboxylic acids is 3. The summed E-state index contributed by atoms with van der Waals surface area (Å²) in [5.41, 5.74) is 0.822. The Balaban J connectivity index is 1.98. The average molecular weight is 381 g/mol. The van der Waals surface area contributed by atoms with E-state index in [1.807, 2.05) is 0 Å². The average Bonchev–Trinajstić information content (AvgIpc) is 2.60. The minimum atomic E-state index is -0.554. The first-order chi connectivity index (χ1) is 11.9. The van der Waals surface area contributed by atoms with E-state index in [2.05, 4.69) is 15.4 Å². The maximum absolute atomic E-state index is 12.0. The second-order valence-corrected chi connectivity index (χ2v) is 5.77. The lowest BCUT2D eigenvalue weighted by Crippen LogP contribution is -2.32. The number of carbonyl (C=O) groups is 3. The van der Waals surface area contributed by atoms with Gasteiger partial charge in [-0.2, -0.15) is 0 Å². The lowest BCUT2D eigenvalue weighted by Gasteiger charge is -2.10. The molecule has 130 valence electrons. The smallest absolute Gasteiger partial charge is 0.337 e. The number of ether oxygens (including phenoxy) is 1. The minimum Gasteiger partial charge on any atom is -0.465 e. The van der Waals surface area contributed by atoms with Crippen LogP contribution in [0.2, 0.25) is 10.0 Å². The van der Waals surface area contributed by atoms with E-state index in [0.29, 0.717) is 10.6 Å². The first kappa shape index (κ1) is 18.8. The third-order valence-electron chi connectivity index (χ3n) is 3.16. The van der Waals surface area contributed by atoms with Crippen molar-refractivity contribution >= 4 is 46.7 Å². The highest BCUT2D eigenvalue weighted by Crippen LogP contribution is 2.23. The first-order valence-electron chi connectivity index (χ1n) is 7.12. The number of nitrogens with one attached hydrogen (secondary N) is 2. The number of halogens is 2. The fourth-order valence-corrected chi connectivity index (χ4v) is 2.31. The van der Waals surface area contributed by atoms with E-state index in [1.165, 1.54) is 31.4 Å². The van der Waals surface area contributed by atoms with Crippen molar-refractivity contribution in [3.63, 3.8) is 0 Å². The van der Waals surface area contributed by atoms with Gasteiger partial charge in [-0.05, 0) is 36.4 Å². The number of esters is 1. The SMILES string of the molecule is COC(=O)c1ccc(Cl)c(NC(=O)CNC(=O)c2cccc(Cl)c2)c1. The fraction of sp³-hybridized carbons (Fsp3) is 0.118. The van der Waals surface area contributed by atoms with E-state index in [4.69, 9.17) is 23.2 Å². The van der Waals surface area contributed by atoms with Crippen LogP contribution in [-0.2, 0) is 9.53 Å². The van der Waals surface area contributed by atoms with Gasteiger partial charge in [0, 0.05) is 10.6 Å². The highest BCUT2D eigenvalue weighted by molar-refractivity contribution is 6.34. The molecule has 0 fully saturated rings. The molecule has 0 saturated heterocycles. The van der Waals surface area contributed by atoms with Gasteiger partial charge >= 0.3 is 5.97 Å². The van der Waals surface area contributed by atoms with Crippen LogP contribution in [0, 0.1) is 0 Å². The van der Waals surface area contributed by atoms with Gasteiger partial charge in [0.05, 0.1) is 29.9 Å². The van der Waals surface area contributed by atoms with Gasteiger partial charge in [0.15, 0.2) is 0 Å². The lowest BCUT2D eigenvalue weighted by atomic mass is 10.2. The second kappa shape index (κ2) is 8.50. The van der Waals surface area contributed by atoms with Crippen molar-refractivity contribution in [2.24, 2.45) is 0 Å². The Hall–Kier alpha value is -2.57. The van der Waals surface area contributed by atoms with Crippen LogP contribution in [0.5, 0.6) is 0 Å². The van der Waals surface area contributed by atoms with E-state index < -0.39 is 17.8 Å². The Morgan fingerprint density at radius 2 is 1.80 bits per heavy atom. The zero-order valence-electron chi connectivity index (χ0n) is 13.1. The predicted molar refractivity (Wildman–Crippen MR) is 95.2 cm³/mol. The third-order valence-corrected chi connectivity index (χ3v) is 3.72. The Kier molecular flexibility index (Phi) is 6.38. The van der Waals surface area contributed by atoms with E-state index in [0.717, 1.165) is 0 Å². The summed E-state index contributed by atoms with van der Waals surface area (Å²) in [5.74, 6) is -1.49. The molecule has 0 aliphatic heterocycles. The molecule has 0 heterocycles. The number of hydrogen-bond donors (Lipinski definition) is 2. The van der Waals surface area contributed by atoms with Crippen LogP contribution in [0.15, 0.2) is 42.5 Å². The first-order valence-corrected chi connectivity index (χ1v) is 7.88. The zero-order chi connectivity index (χ0) is 18.4. The lowest BCUT2D eigenvalue weighted by molar-refractivity contribution is -0.115. The molecule has 2 aromatic carbocycles. The summed E-state index contributed by atoms with van der Waals surface area (Å²) in [6.45, 7) is -0.274. The molecule has 0 radical (unpaired) electrons. The number of hydrogen-bond acceptors (Lipinski definition) is 4. The van der Waals surface area contributed by atoms with Gasteiger partial charge in [0.2, 0.25) is 5.91 Å². The minimum absolute atomic E-state index is 0.241. The number of benzene rings is 2. The maximum atomic E-state index is 12.0. The summed E-state index contributed by atoms with van der Waals surface area (Å²) < 4.78 is 4.61. The Bertz CT molecular complexity index is 824. The highest BCUT2D eigenvalue weighted by Gasteiger charge is 2.12. The summed E-state index contributed by atoms with van der Waals surface area (Å²) >= 11 is 11.8. The zero-order valence-corrected chi connectivity index (χ0v) is 14.6. The topological polar surface area (TPSA) is 84.5 Å². The maximum Gasteiger partial charge on any atom is 0.337 e. The van der Waals surface area contributed by atoms with E-state index in [1.54, 1.807) is 18.2 Å². The normalized spacial score (nSPS) is 10.0. The summed E-state index contributed by atoms with van der Waals surface area (Å²) in [5, 5.41) is 5.67. The molecule has 0 aliphatic rings. The number of methoxy groups -OCH3 is 1. The monoisotopic (exact) mass is 380 g/mol. The Morgan fingerprint density at radius 1 is 1.04 bits per heavy atom. The van der Waals surface area contributed by atoms with Crippen molar-refractivity contribution in [1.29, 1.82) is 0 Å². The Morgan fingerprint density at radius 3 is 2.48 bits per heavy atom. The molecule has 2 aromatic rings. The van der Waals surface area contributed by atoms with Crippen LogP contribution in [0.25, 0.3) is 0 Å². The molecule has 0 saturated carbocycles. The van der Waals surface area contributed by atoms with E-state index in [9.17, 15) is 14.4 Å². The van der Waals surface area contributed by atoms with Crippen molar-refractivity contribution in [2.75, 3.05) is 19.0 Å².